The third kappa shape index (κ3) is 2.91. The summed E-state index contributed by atoms with van der Waals surface area (Å²) in [7, 11) is 1.54. The van der Waals surface area contributed by atoms with Crippen molar-refractivity contribution in [2.75, 3.05) is 31.6 Å². The first kappa shape index (κ1) is 18.5. The van der Waals surface area contributed by atoms with Gasteiger partial charge in [-0.05, 0) is 55.0 Å². The normalized spacial score (nSPS) is 23.0. The molecule has 2 aromatic carbocycles. The Hall–Kier alpha value is -2.53. The number of carbonyl (C=O) groups is 2. The first-order chi connectivity index (χ1) is 14.0. The fourth-order valence-corrected chi connectivity index (χ4v) is 4.90. The summed E-state index contributed by atoms with van der Waals surface area (Å²) >= 11 is 6.12. The molecule has 0 N–H and O–H groups in total. The molecule has 29 heavy (non-hydrogen) atoms. The third-order valence-corrected chi connectivity index (χ3v) is 6.69. The van der Waals surface area contributed by atoms with Crippen LogP contribution in [0.5, 0.6) is 5.75 Å². The summed E-state index contributed by atoms with van der Waals surface area (Å²) < 4.78 is 5.36. The molecule has 6 heteroatoms. The number of ether oxygens (including phenoxy) is 1. The summed E-state index contributed by atoms with van der Waals surface area (Å²) in [5.74, 6) is 1.09. The van der Waals surface area contributed by atoms with Gasteiger partial charge in [-0.3, -0.25) is 9.59 Å². The van der Waals surface area contributed by atoms with Crippen LogP contribution in [0.1, 0.15) is 35.2 Å². The van der Waals surface area contributed by atoms with Crippen molar-refractivity contribution in [1.82, 2.24) is 4.90 Å². The molecule has 2 aliphatic heterocycles. The van der Waals surface area contributed by atoms with Crippen LogP contribution >= 0.6 is 11.6 Å². The van der Waals surface area contributed by atoms with Crippen LogP contribution in [0.15, 0.2) is 42.5 Å². The van der Waals surface area contributed by atoms with E-state index in [0.717, 1.165) is 17.8 Å². The molecule has 5 rings (SSSR count). The van der Waals surface area contributed by atoms with Gasteiger partial charge in [0.05, 0.1) is 18.1 Å². The summed E-state index contributed by atoms with van der Waals surface area (Å²) in [5, 5.41) is 0.487. The number of rotatable bonds is 4. The molecule has 1 spiro atoms. The smallest absolute Gasteiger partial charge is 0.257 e. The largest absolute Gasteiger partial charge is 0.496 e. The number of anilines is 1. The molecule has 0 bridgehead atoms. The van der Waals surface area contributed by atoms with Gasteiger partial charge < -0.3 is 14.5 Å². The molecule has 1 unspecified atom stereocenters. The molecule has 0 aromatic heterocycles. The molecule has 5 nitrogen and oxygen atoms in total. The van der Waals surface area contributed by atoms with Gasteiger partial charge in [-0.25, -0.2) is 0 Å². The van der Waals surface area contributed by atoms with E-state index < -0.39 is 5.41 Å². The van der Waals surface area contributed by atoms with E-state index in [0.29, 0.717) is 41.8 Å². The SMILES string of the molecule is COc1ccc(Cl)cc1C(=O)N1CCC2(C1)C(=O)N(CC1CC1)c1ccccc12. The van der Waals surface area contributed by atoms with Gasteiger partial charge in [0.2, 0.25) is 5.91 Å². The van der Waals surface area contributed by atoms with Gasteiger partial charge in [0.15, 0.2) is 0 Å². The summed E-state index contributed by atoms with van der Waals surface area (Å²) in [6.45, 7) is 1.71. The number of benzene rings is 2. The molecule has 1 atom stereocenters. The zero-order valence-corrected chi connectivity index (χ0v) is 17.1. The Morgan fingerprint density at radius 3 is 2.79 bits per heavy atom. The highest BCUT2D eigenvalue weighted by molar-refractivity contribution is 6.31. The van der Waals surface area contributed by atoms with E-state index in [-0.39, 0.29) is 11.8 Å². The Bertz CT molecular complexity index is 1000. The Morgan fingerprint density at radius 1 is 1.24 bits per heavy atom. The van der Waals surface area contributed by atoms with Crippen molar-refractivity contribution in [3.63, 3.8) is 0 Å². The third-order valence-electron chi connectivity index (χ3n) is 6.45. The quantitative estimate of drug-likeness (QED) is 0.768. The number of likely N-dealkylation sites (tertiary alicyclic amines) is 1. The van der Waals surface area contributed by atoms with Crippen molar-refractivity contribution in [3.8, 4) is 5.75 Å². The number of methoxy groups -OCH3 is 1. The highest BCUT2D eigenvalue weighted by Crippen LogP contribution is 2.49. The van der Waals surface area contributed by atoms with Crippen molar-refractivity contribution in [2.45, 2.75) is 24.7 Å². The standard InChI is InChI=1S/C23H23ClN2O3/c1-29-20-9-8-16(24)12-17(20)21(27)25-11-10-23(14-25)18-4-2-3-5-19(18)26(22(23)28)13-15-6-7-15/h2-5,8-9,12,15H,6-7,10-11,13-14H2,1H3. The first-order valence-corrected chi connectivity index (χ1v) is 10.5. The van der Waals surface area contributed by atoms with Crippen LogP contribution < -0.4 is 9.64 Å². The van der Waals surface area contributed by atoms with Crippen LogP contribution in [0.4, 0.5) is 5.69 Å². The number of halogens is 1. The number of para-hydroxylation sites is 1. The second-order valence-electron chi connectivity index (χ2n) is 8.28. The molecule has 150 valence electrons. The fourth-order valence-electron chi connectivity index (χ4n) is 4.73. The number of fused-ring (bicyclic) bond motifs is 2. The highest BCUT2D eigenvalue weighted by Gasteiger charge is 2.55. The molecule has 2 heterocycles. The number of hydrogen-bond acceptors (Lipinski definition) is 3. The van der Waals surface area contributed by atoms with Crippen molar-refractivity contribution in [3.05, 3.63) is 58.6 Å². The summed E-state index contributed by atoms with van der Waals surface area (Å²) in [4.78, 5) is 30.6. The van der Waals surface area contributed by atoms with Gasteiger partial charge in [-0.15, -0.1) is 0 Å². The van der Waals surface area contributed by atoms with Gasteiger partial charge >= 0.3 is 0 Å². The zero-order chi connectivity index (χ0) is 20.2. The average Bonchev–Trinajstić information content (AvgIpc) is 3.40. The molecule has 0 radical (unpaired) electrons. The second kappa shape index (κ2) is 6.77. The van der Waals surface area contributed by atoms with Gasteiger partial charge in [-0.1, -0.05) is 29.8 Å². The lowest BCUT2D eigenvalue weighted by Crippen LogP contribution is -2.44. The maximum absolute atomic E-state index is 13.6. The van der Waals surface area contributed by atoms with E-state index in [9.17, 15) is 9.59 Å². The number of carbonyl (C=O) groups excluding carboxylic acids is 2. The molecular formula is C23H23ClN2O3. The van der Waals surface area contributed by atoms with E-state index >= 15 is 0 Å². The topological polar surface area (TPSA) is 49.9 Å². The van der Waals surface area contributed by atoms with E-state index in [2.05, 4.69) is 0 Å². The molecule has 1 saturated heterocycles. The maximum Gasteiger partial charge on any atom is 0.257 e. The first-order valence-electron chi connectivity index (χ1n) is 10.1. The van der Waals surface area contributed by atoms with Crippen molar-refractivity contribution < 1.29 is 14.3 Å². The van der Waals surface area contributed by atoms with Crippen molar-refractivity contribution in [1.29, 1.82) is 0 Å². The van der Waals surface area contributed by atoms with Crippen LogP contribution in [0.2, 0.25) is 5.02 Å². The highest BCUT2D eigenvalue weighted by atomic mass is 35.5. The lowest BCUT2D eigenvalue weighted by Gasteiger charge is -2.25. The van der Waals surface area contributed by atoms with Crippen LogP contribution in [-0.2, 0) is 10.2 Å². The summed E-state index contributed by atoms with van der Waals surface area (Å²) in [6.07, 6.45) is 3.02. The fraction of sp³-hybridized carbons (Fsp3) is 0.391. The minimum Gasteiger partial charge on any atom is -0.496 e. The van der Waals surface area contributed by atoms with Crippen molar-refractivity contribution >= 4 is 29.1 Å². The summed E-state index contributed by atoms with van der Waals surface area (Å²) in [6, 6.07) is 13.1. The summed E-state index contributed by atoms with van der Waals surface area (Å²) in [5.41, 5.74) is 1.86. The molecule has 3 aliphatic rings. The Morgan fingerprint density at radius 2 is 2.03 bits per heavy atom. The van der Waals surface area contributed by atoms with Crippen LogP contribution in [0, 0.1) is 5.92 Å². The molecule has 1 saturated carbocycles. The van der Waals surface area contributed by atoms with E-state index in [1.54, 1.807) is 23.1 Å². The minimum atomic E-state index is -0.646. The molecule has 1 aliphatic carbocycles. The van der Waals surface area contributed by atoms with Gasteiger partial charge in [-0.2, -0.15) is 0 Å². The molecular weight excluding hydrogens is 388 g/mol. The predicted octanol–water partition coefficient (Wildman–Crippen LogP) is 3.89. The second-order valence-corrected chi connectivity index (χ2v) is 8.72. The van der Waals surface area contributed by atoms with Crippen LogP contribution in [0.25, 0.3) is 0 Å². The lowest BCUT2D eigenvalue weighted by molar-refractivity contribution is -0.122. The molecule has 2 amide bonds. The van der Waals surface area contributed by atoms with Gasteiger partial charge in [0, 0.05) is 30.3 Å². The van der Waals surface area contributed by atoms with Crippen LogP contribution in [-0.4, -0.2) is 43.5 Å². The molecule has 2 fully saturated rings. The number of nitrogens with zero attached hydrogens (tertiary/aromatic N) is 2. The average molecular weight is 411 g/mol. The Kier molecular flexibility index (Phi) is 4.32. The Balaban J connectivity index is 1.47. The van der Waals surface area contributed by atoms with E-state index in [1.807, 2.05) is 29.2 Å². The monoisotopic (exact) mass is 410 g/mol. The van der Waals surface area contributed by atoms with Crippen LogP contribution in [0.3, 0.4) is 0 Å². The van der Waals surface area contributed by atoms with E-state index in [1.165, 1.54) is 20.0 Å². The van der Waals surface area contributed by atoms with Gasteiger partial charge in [0.25, 0.3) is 5.91 Å². The predicted molar refractivity (Wildman–Crippen MR) is 112 cm³/mol. The van der Waals surface area contributed by atoms with Crippen molar-refractivity contribution in [2.24, 2.45) is 5.92 Å². The maximum atomic E-state index is 13.6. The lowest BCUT2D eigenvalue weighted by atomic mass is 9.81. The molecule has 2 aromatic rings. The van der Waals surface area contributed by atoms with Gasteiger partial charge in [0.1, 0.15) is 5.75 Å². The number of hydrogen-bond donors (Lipinski definition) is 0. The van der Waals surface area contributed by atoms with E-state index in [4.69, 9.17) is 16.3 Å². The number of amides is 2. The zero-order valence-electron chi connectivity index (χ0n) is 16.4. The Labute approximate surface area is 175 Å². The minimum absolute atomic E-state index is 0.138.